The van der Waals surface area contributed by atoms with Gasteiger partial charge in [0, 0.05) is 30.1 Å². The summed E-state index contributed by atoms with van der Waals surface area (Å²) in [6.45, 7) is 3.91. The molecule has 3 rings (SSSR count). The van der Waals surface area contributed by atoms with Crippen LogP contribution in [0, 0.1) is 13.8 Å². The fraction of sp³-hybridized carbons (Fsp3) is 0.174. The molecule has 0 unspecified atom stereocenters. The normalized spacial score (nSPS) is 10.4. The van der Waals surface area contributed by atoms with Gasteiger partial charge >= 0.3 is 12.0 Å². The molecule has 0 aliphatic carbocycles. The van der Waals surface area contributed by atoms with E-state index in [2.05, 4.69) is 15.6 Å². The number of anilines is 1. The van der Waals surface area contributed by atoms with E-state index in [-0.39, 0.29) is 18.3 Å². The number of aromatic nitrogens is 1. The lowest BCUT2D eigenvalue weighted by Crippen LogP contribution is -2.28. The zero-order chi connectivity index (χ0) is 22.4. The van der Waals surface area contributed by atoms with Gasteiger partial charge in [0.2, 0.25) is 0 Å². The number of hydrogen-bond donors (Lipinski definition) is 4. The van der Waals surface area contributed by atoms with Crippen LogP contribution >= 0.6 is 0 Å². The van der Waals surface area contributed by atoms with Gasteiger partial charge in [-0.05, 0) is 43.2 Å². The first kappa shape index (κ1) is 21.8. The summed E-state index contributed by atoms with van der Waals surface area (Å²) in [5, 5.41) is 24.0. The SMILES string of the molecule is Cc1ccc(NC(=O)NCc2ccc(Oc3ccnc(C(=O)O)c3)c(C)c2)c(CO)c1. The average molecular weight is 421 g/mol. The zero-order valence-electron chi connectivity index (χ0n) is 17.2. The van der Waals surface area contributed by atoms with Gasteiger partial charge in [-0.2, -0.15) is 0 Å². The number of aryl methyl sites for hydroxylation is 2. The van der Waals surface area contributed by atoms with Crippen molar-refractivity contribution in [3.63, 3.8) is 0 Å². The molecule has 0 saturated carbocycles. The maximum Gasteiger partial charge on any atom is 0.354 e. The predicted molar refractivity (Wildman–Crippen MR) is 115 cm³/mol. The van der Waals surface area contributed by atoms with Gasteiger partial charge < -0.3 is 25.6 Å². The molecule has 4 N–H and O–H groups in total. The Balaban J connectivity index is 1.61. The molecule has 0 saturated heterocycles. The quantitative estimate of drug-likeness (QED) is 0.458. The molecule has 0 aliphatic heterocycles. The van der Waals surface area contributed by atoms with E-state index in [0.29, 0.717) is 29.3 Å². The molecule has 0 radical (unpaired) electrons. The fourth-order valence-corrected chi connectivity index (χ4v) is 2.98. The lowest BCUT2D eigenvalue weighted by atomic mass is 10.1. The number of aliphatic hydroxyl groups excluding tert-OH is 1. The van der Waals surface area contributed by atoms with E-state index >= 15 is 0 Å². The first-order valence-electron chi connectivity index (χ1n) is 9.57. The van der Waals surface area contributed by atoms with Crippen LogP contribution < -0.4 is 15.4 Å². The number of carbonyl (C=O) groups is 2. The fourth-order valence-electron chi connectivity index (χ4n) is 2.98. The van der Waals surface area contributed by atoms with E-state index in [1.165, 1.54) is 12.3 Å². The number of amides is 2. The summed E-state index contributed by atoms with van der Waals surface area (Å²) in [5.41, 5.74) is 3.80. The van der Waals surface area contributed by atoms with Crippen LogP contribution in [-0.2, 0) is 13.2 Å². The van der Waals surface area contributed by atoms with Gasteiger partial charge in [-0.1, -0.05) is 29.8 Å². The number of nitrogens with zero attached hydrogens (tertiary/aromatic N) is 1. The lowest BCUT2D eigenvalue weighted by Gasteiger charge is -2.13. The molecule has 1 aromatic heterocycles. The summed E-state index contributed by atoms with van der Waals surface area (Å²) < 4.78 is 5.77. The number of pyridine rings is 1. The molecule has 8 nitrogen and oxygen atoms in total. The third-order valence-corrected chi connectivity index (χ3v) is 4.55. The van der Waals surface area contributed by atoms with Crippen LogP contribution in [0.15, 0.2) is 54.7 Å². The van der Waals surface area contributed by atoms with Crippen molar-refractivity contribution in [1.29, 1.82) is 0 Å². The molecule has 8 heteroatoms. The van der Waals surface area contributed by atoms with E-state index in [4.69, 9.17) is 9.84 Å². The van der Waals surface area contributed by atoms with Gasteiger partial charge in [0.15, 0.2) is 5.69 Å². The van der Waals surface area contributed by atoms with Crippen LogP contribution in [-0.4, -0.2) is 27.2 Å². The molecule has 0 fully saturated rings. The summed E-state index contributed by atoms with van der Waals surface area (Å²) in [4.78, 5) is 27.0. The Kier molecular flexibility index (Phi) is 6.84. The maximum absolute atomic E-state index is 12.2. The number of ether oxygens (including phenoxy) is 1. The smallest absolute Gasteiger partial charge is 0.354 e. The molecule has 0 atom stereocenters. The van der Waals surface area contributed by atoms with Crippen LogP contribution in [0.2, 0.25) is 0 Å². The lowest BCUT2D eigenvalue weighted by molar-refractivity contribution is 0.0690. The molecule has 3 aromatic rings. The second kappa shape index (κ2) is 9.73. The summed E-state index contributed by atoms with van der Waals surface area (Å²) in [5.74, 6) is -0.180. The first-order chi connectivity index (χ1) is 14.9. The van der Waals surface area contributed by atoms with Gasteiger partial charge in [-0.3, -0.25) is 0 Å². The zero-order valence-corrected chi connectivity index (χ0v) is 17.2. The van der Waals surface area contributed by atoms with Gasteiger partial charge in [0.25, 0.3) is 0 Å². The van der Waals surface area contributed by atoms with Gasteiger partial charge in [-0.25, -0.2) is 14.6 Å². The van der Waals surface area contributed by atoms with Crippen molar-refractivity contribution < 1.29 is 24.5 Å². The van der Waals surface area contributed by atoms with E-state index in [0.717, 1.165) is 16.7 Å². The van der Waals surface area contributed by atoms with Crippen LogP contribution in [0.4, 0.5) is 10.5 Å². The Bertz CT molecular complexity index is 1110. The van der Waals surface area contributed by atoms with Gasteiger partial charge in [-0.15, -0.1) is 0 Å². The van der Waals surface area contributed by atoms with Crippen molar-refractivity contribution in [2.75, 3.05) is 5.32 Å². The minimum Gasteiger partial charge on any atom is -0.477 e. The highest BCUT2D eigenvalue weighted by Gasteiger charge is 2.10. The van der Waals surface area contributed by atoms with E-state index < -0.39 is 5.97 Å². The summed E-state index contributed by atoms with van der Waals surface area (Å²) in [6.07, 6.45) is 1.38. The average Bonchev–Trinajstić information content (AvgIpc) is 2.75. The number of rotatable bonds is 7. The van der Waals surface area contributed by atoms with Gasteiger partial charge in [0.05, 0.1) is 6.61 Å². The minimum absolute atomic E-state index is 0.0973. The van der Waals surface area contributed by atoms with Crippen LogP contribution in [0.3, 0.4) is 0 Å². The van der Waals surface area contributed by atoms with Crippen molar-refractivity contribution in [3.05, 3.63) is 82.7 Å². The molecule has 1 heterocycles. The standard InChI is InChI=1S/C23H23N3O5/c1-14-3-5-19(17(9-14)13-27)26-23(30)25-12-16-4-6-21(15(2)10-16)31-18-7-8-24-20(11-18)22(28)29/h3-11,27H,12-13H2,1-2H3,(H,28,29)(H2,25,26,30). The number of urea groups is 1. The molecule has 0 spiro atoms. The largest absolute Gasteiger partial charge is 0.477 e. The van der Waals surface area contributed by atoms with E-state index in [9.17, 15) is 14.7 Å². The number of benzene rings is 2. The summed E-state index contributed by atoms with van der Waals surface area (Å²) in [7, 11) is 0. The summed E-state index contributed by atoms with van der Waals surface area (Å²) in [6, 6.07) is 13.4. The van der Waals surface area contributed by atoms with Crippen LogP contribution in [0.5, 0.6) is 11.5 Å². The highest BCUT2D eigenvalue weighted by Crippen LogP contribution is 2.26. The Labute approximate surface area is 179 Å². The molecular weight excluding hydrogens is 398 g/mol. The highest BCUT2D eigenvalue weighted by molar-refractivity contribution is 5.90. The molecule has 2 aromatic carbocycles. The van der Waals surface area contributed by atoms with E-state index in [1.54, 1.807) is 18.2 Å². The Morgan fingerprint density at radius 1 is 1.06 bits per heavy atom. The molecule has 0 aliphatic rings. The Hall–Kier alpha value is -3.91. The molecule has 31 heavy (non-hydrogen) atoms. The topological polar surface area (TPSA) is 121 Å². The van der Waals surface area contributed by atoms with Crippen molar-refractivity contribution in [3.8, 4) is 11.5 Å². The third kappa shape index (κ3) is 5.80. The summed E-state index contributed by atoms with van der Waals surface area (Å²) >= 11 is 0. The maximum atomic E-state index is 12.2. The minimum atomic E-state index is -1.13. The monoisotopic (exact) mass is 421 g/mol. The predicted octanol–water partition coefficient (Wildman–Crippen LogP) is 4.00. The third-order valence-electron chi connectivity index (χ3n) is 4.55. The van der Waals surface area contributed by atoms with Crippen LogP contribution in [0.25, 0.3) is 0 Å². The number of carboxylic acid groups (broad SMARTS) is 1. The Morgan fingerprint density at radius 3 is 2.58 bits per heavy atom. The molecule has 160 valence electrons. The number of aliphatic hydroxyl groups is 1. The van der Waals surface area contributed by atoms with Crippen LogP contribution in [0.1, 0.15) is 32.7 Å². The van der Waals surface area contributed by atoms with Crippen molar-refractivity contribution in [2.24, 2.45) is 0 Å². The van der Waals surface area contributed by atoms with Gasteiger partial charge in [0.1, 0.15) is 11.5 Å². The highest BCUT2D eigenvalue weighted by atomic mass is 16.5. The van der Waals surface area contributed by atoms with Crippen molar-refractivity contribution in [1.82, 2.24) is 10.3 Å². The molecule has 2 amide bonds. The van der Waals surface area contributed by atoms with Crippen molar-refractivity contribution in [2.45, 2.75) is 27.0 Å². The first-order valence-corrected chi connectivity index (χ1v) is 9.57. The number of nitrogens with one attached hydrogen (secondary N) is 2. The Morgan fingerprint density at radius 2 is 1.87 bits per heavy atom. The number of carbonyl (C=O) groups excluding carboxylic acids is 1. The second-order valence-corrected chi connectivity index (χ2v) is 7.01. The molecule has 0 bridgehead atoms. The number of aromatic carboxylic acids is 1. The number of hydrogen-bond acceptors (Lipinski definition) is 5. The van der Waals surface area contributed by atoms with Crippen molar-refractivity contribution >= 4 is 17.7 Å². The number of carboxylic acids is 1. The van der Waals surface area contributed by atoms with E-state index in [1.807, 2.05) is 38.1 Å². The molecular formula is C23H23N3O5. The second-order valence-electron chi connectivity index (χ2n) is 7.01.